The van der Waals surface area contributed by atoms with Crippen molar-refractivity contribution in [1.29, 1.82) is 0 Å². The minimum absolute atomic E-state index is 0.0450. The molecule has 7 nitrogen and oxygen atoms in total. The van der Waals surface area contributed by atoms with Gasteiger partial charge >= 0.3 is 0 Å². The molecular weight excluding hydrogens is 522 g/mol. The van der Waals surface area contributed by atoms with Gasteiger partial charge in [0.15, 0.2) is 0 Å². The number of aryl methyl sites for hydroxylation is 2. The molecule has 0 aliphatic carbocycles. The molecule has 3 saturated heterocycles. The Morgan fingerprint density at radius 2 is 1.68 bits per heavy atom. The molecule has 210 valence electrons. The molecule has 3 fully saturated rings. The summed E-state index contributed by atoms with van der Waals surface area (Å²) >= 11 is 1.63. The van der Waals surface area contributed by atoms with Crippen molar-refractivity contribution >= 4 is 40.9 Å². The summed E-state index contributed by atoms with van der Waals surface area (Å²) in [6.45, 7) is 12.1. The second kappa shape index (κ2) is 11.3. The highest BCUT2D eigenvalue weighted by atomic mass is 32.2. The van der Waals surface area contributed by atoms with Gasteiger partial charge in [-0.3, -0.25) is 14.4 Å². The maximum absolute atomic E-state index is 14.6. The van der Waals surface area contributed by atoms with Crippen LogP contribution in [0.25, 0.3) is 0 Å². The lowest BCUT2D eigenvalue weighted by atomic mass is 9.70. The van der Waals surface area contributed by atoms with Crippen molar-refractivity contribution < 1.29 is 19.5 Å². The molecule has 5 rings (SSSR count). The average molecular weight is 560 g/mol. The molecule has 40 heavy (non-hydrogen) atoms. The highest BCUT2D eigenvalue weighted by molar-refractivity contribution is 8.02. The molecule has 2 aromatic carbocycles. The number of carbonyl (C=O) groups is 3. The second-order valence-corrected chi connectivity index (χ2v) is 12.5. The summed E-state index contributed by atoms with van der Waals surface area (Å²) in [6.07, 6.45) is 4.82. The Labute approximate surface area is 240 Å². The van der Waals surface area contributed by atoms with Crippen LogP contribution < -0.4 is 9.80 Å². The van der Waals surface area contributed by atoms with Crippen LogP contribution in [-0.4, -0.2) is 70.0 Å². The number of hydrogen-bond acceptors (Lipinski definition) is 5. The summed E-state index contributed by atoms with van der Waals surface area (Å²) in [5.41, 5.74) is 3.49. The van der Waals surface area contributed by atoms with E-state index in [-0.39, 0.29) is 36.1 Å². The fourth-order valence-corrected chi connectivity index (χ4v) is 9.31. The largest absolute Gasteiger partial charge is 0.395 e. The summed E-state index contributed by atoms with van der Waals surface area (Å²) < 4.78 is -0.735. The first-order chi connectivity index (χ1) is 19.3. The van der Waals surface area contributed by atoms with Crippen LogP contribution in [0.3, 0.4) is 0 Å². The number of aliphatic hydroxyl groups excluding tert-OH is 1. The van der Waals surface area contributed by atoms with Gasteiger partial charge in [-0.2, -0.15) is 0 Å². The maximum atomic E-state index is 14.6. The van der Waals surface area contributed by atoms with Crippen LogP contribution >= 0.6 is 11.8 Å². The zero-order valence-electron chi connectivity index (χ0n) is 23.2. The van der Waals surface area contributed by atoms with Gasteiger partial charge in [0.2, 0.25) is 11.8 Å². The van der Waals surface area contributed by atoms with E-state index >= 15 is 0 Å². The lowest BCUT2D eigenvalue weighted by molar-refractivity contribution is -0.139. The van der Waals surface area contributed by atoms with Crippen molar-refractivity contribution in [2.75, 3.05) is 36.0 Å². The Hall–Kier alpha value is -3.36. The number of para-hydroxylation sites is 2. The summed E-state index contributed by atoms with van der Waals surface area (Å²) in [6, 6.07) is 14.6. The normalized spacial score (nSPS) is 26.5. The van der Waals surface area contributed by atoms with Crippen molar-refractivity contribution in [3.05, 3.63) is 85.0 Å². The molecule has 0 aromatic heterocycles. The number of benzene rings is 2. The molecular formula is C32H37N3O4S. The van der Waals surface area contributed by atoms with Gasteiger partial charge < -0.3 is 19.8 Å². The number of anilines is 2. The Kier molecular flexibility index (Phi) is 7.93. The van der Waals surface area contributed by atoms with Gasteiger partial charge in [0.05, 0.1) is 23.2 Å². The minimum Gasteiger partial charge on any atom is -0.395 e. The zero-order valence-corrected chi connectivity index (χ0v) is 24.0. The van der Waals surface area contributed by atoms with E-state index in [1.807, 2.05) is 62.4 Å². The Bertz CT molecular complexity index is 1310. The monoisotopic (exact) mass is 559 g/mol. The first-order valence-corrected chi connectivity index (χ1v) is 14.7. The van der Waals surface area contributed by atoms with Crippen LogP contribution in [0.15, 0.2) is 73.8 Å². The van der Waals surface area contributed by atoms with E-state index < -0.39 is 22.6 Å². The number of aliphatic hydroxyl groups is 1. The summed E-state index contributed by atoms with van der Waals surface area (Å²) in [5.74, 6) is -1.71. The third kappa shape index (κ3) is 4.38. The summed E-state index contributed by atoms with van der Waals surface area (Å²) in [7, 11) is 0. The van der Waals surface area contributed by atoms with Gasteiger partial charge in [0, 0.05) is 36.3 Å². The van der Waals surface area contributed by atoms with E-state index in [1.165, 1.54) is 0 Å². The van der Waals surface area contributed by atoms with E-state index in [0.717, 1.165) is 28.9 Å². The molecule has 0 radical (unpaired) electrons. The van der Waals surface area contributed by atoms with Crippen LogP contribution in [0.2, 0.25) is 0 Å². The van der Waals surface area contributed by atoms with Gasteiger partial charge in [-0.15, -0.1) is 24.9 Å². The number of β-amino-alcohol motifs (C(OH)–C–C–N with tert-alkyl or cyclic N) is 1. The number of carbonyl (C=O) groups excluding carboxylic acids is 3. The number of hydrogen-bond donors (Lipinski definition) is 1. The minimum atomic E-state index is -0.784. The predicted molar refractivity (Wildman–Crippen MR) is 160 cm³/mol. The Morgan fingerprint density at radius 1 is 1.02 bits per heavy atom. The topological polar surface area (TPSA) is 81.2 Å². The molecule has 1 spiro atoms. The fourth-order valence-electron chi connectivity index (χ4n) is 7.10. The molecule has 1 N–H and O–H groups in total. The number of rotatable bonds is 10. The van der Waals surface area contributed by atoms with Gasteiger partial charge in [-0.1, -0.05) is 48.6 Å². The Balaban J connectivity index is 1.57. The van der Waals surface area contributed by atoms with Crippen molar-refractivity contribution in [3.63, 3.8) is 0 Å². The highest BCUT2D eigenvalue weighted by Crippen LogP contribution is 2.66. The zero-order chi connectivity index (χ0) is 28.6. The lowest BCUT2D eigenvalue weighted by Gasteiger charge is -2.38. The van der Waals surface area contributed by atoms with Crippen molar-refractivity contribution in [2.45, 2.75) is 42.7 Å². The number of amides is 3. The Morgan fingerprint density at radius 3 is 2.30 bits per heavy atom. The molecule has 0 saturated carbocycles. The summed E-state index contributed by atoms with van der Waals surface area (Å²) in [4.78, 5) is 48.0. The third-order valence-electron chi connectivity index (χ3n) is 8.59. The van der Waals surface area contributed by atoms with E-state index in [9.17, 15) is 19.5 Å². The molecule has 3 aliphatic heterocycles. The van der Waals surface area contributed by atoms with Gasteiger partial charge in [0.1, 0.15) is 6.04 Å². The first kappa shape index (κ1) is 28.2. The fraction of sp³-hybridized carbons (Fsp3) is 0.406. The van der Waals surface area contributed by atoms with Crippen molar-refractivity contribution in [2.24, 2.45) is 11.8 Å². The van der Waals surface area contributed by atoms with Crippen molar-refractivity contribution in [3.8, 4) is 0 Å². The standard InChI is InChI=1S/C32H37N3O4S/c1-5-17-33(23-13-8-7-9-14-23)29(37)25-24-15-16-32(40-24)26(25)30(38)35(19-20-36)28(32)31(39)34(18-6-2)27-21(3)11-10-12-22(27)4/h5-14,24-26,28,36H,1-2,15-20H2,3-4H3/t24-,25+,26-,28?,32?/m0/s1. The lowest BCUT2D eigenvalue weighted by Crippen LogP contribution is -2.55. The molecule has 2 aromatic rings. The van der Waals surface area contributed by atoms with Gasteiger partial charge in [-0.05, 0) is 49.9 Å². The average Bonchev–Trinajstić information content (AvgIpc) is 3.59. The highest BCUT2D eigenvalue weighted by Gasteiger charge is 2.74. The molecule has 5 atom stereocenters. The maximum Gasteiger partial charge on any atom is 0.251 e. The van der Waals surface area contributed by atoms with Crippen LogP contribution in [0, 0.1) is 25.7 Å². The van der Waals surface area contributed by atoms with E-state index in [1.54, 1.807) is 38.6 Å². The van der Waals surface area contributed by atoms with Gasteiger partial charge in [-0.25, -0.2) is 0 Å². The molecule has 8 heteroatoms. The van der Waals surface area contributed by atoms with Crippen LogP contribution in [-0.2, 0) is 14.4 Å². The number of likely N-dealkylation sites (tertiary alicyclic amines) is 1. The number of nitrogens with zero attached hydrogens (tertiary/aromatic N) is 3. The smallest absolute Gasteiger partial charge is 0.251 e. The molecule has 2 bridgehead atoms. The van der Waals surface area contributed by atoms with Gasteiger partial charge in [0.25, 0.3) is 5.91 Å². The van der Waals surface area contributed by atoms with E-state index in [4.69, 9.17) is 0 Å². The first-order valence-electron chi connectivity index (χ1n) is 13.9. The molecule has 2 unspecified atom stereocenters. The molecule has 3 amide bonds. The number of thioether (sulfide) groups is 1. The second-order valence-electron chi connectivity index (χ2n) is 10.9. The molecule has 3 heterocycles. The summed E-state index contributed by atoms with van der Waals surface area (Å²) in [5, 5.41) is 9.92. The third-order valence-corrected chi connectivity index (χ3v) is 10.5. The molecule has 3 aliphatic rings. The van der Waals surface area contributed by atoms with Crippen LogP contribution in [0.5, 0.6) is 0 Å². The predicted octanol–water partition coefficient (Wildman–Crippen LogP) is 4.13. The van der Waals surface area contributed by atoms with E-state index in [0.29, 0.717) is 19.5 Å². The van der Waals surface area contributed by atoms with Crippen molar-refractivity contribution in [1.82, 2.24) is 4.90 Å². The van der Waals surface area contributed by atoms with Crippen LogP contribution in [0.1, 0.15) is 24.0 Å². The van der Waals surface area contributed by atoms with E-state index in [2.05, 4.69) is 13.2 Å². The number of fused-ring (bicyclic) bond motifs is 1. The SMILES string of the molecule is C=CCN(C(=O)[C@@H]1[C@@H]2CCC3(S2)C(C(=O)N(CC=C)c2c(C)cccc2C)N(CCO)C(=O)[C@H]13)c1ccccc1. The van der Waals surface area contributed by atoms with Crippen LogP contribution in [0.4, 0.5) is 11.4 Å². The quantitative estimate of drug-likeness (QED) is 0.443.